The summed E-state index contributed by atoms with van der Waals surface area (Å²) in [5.41, 5.74) is 0. The highest BCUT2D eigenvalue weighted by molar-refractivity contribution is 7.42. The van der Waals surface area contributed by atoms with Gasteiger partial charge in [-0.2, -0.15) is 5.26 Å². The van der Waals surface area contributed by atoms with Gasteiger partial charge in [-0.3, -0.25) is 4.67 Å². The standard InChI is InChI=1S/C9H18N2O2P.H2I/c1-8(2)11(9(3)4)14(12)13-7-5-6-10;/h8-9H,5,7H2,1-4H3;1H2/q-1;+1. The van der Waals surface area contributed by atoms with E-state index in [1.54, 1.807) is 4.67 Å². The van der Waals surface area contributed by atoms with Gasteiger partial charge in [0.05, 0.1) is 19.1 Å². The Morgan fingerprint density at radius 2 is 1.80 bits per heavy atom. The Hall–Kier alpha value is 0.530. The van der Waals surface area contributed by atoms with E-state index in [9.17, 15) is 4.89 Å². The van der Waals surface area contributed by atoms with Gasteiger partial charge in [-0.05, 0) is 27.7 Å². The van der Waals surface area contributed by atoms with Crippen LogP contribution in [-0.4, -0.2) is 23.4 Å². The van der Waals surface area contributed by atoms with Crippen LogP contribution in [0.4, 0.5) is 0 Å². The van der Waals surface area contributed by atoms with Gasteiger partial charge in [-0.15, -0.1) is 0 Å². The van der Waals surface area contributed by atoms with Gasteiger partial charge < -0.3 is 9.42 Å². The molecule has 0 saturated heterocycles. The second-order valence-electron chi connectivity index (χ2n) is 3.55. The molecule has 0 saturated carbocycles. The zero-order valence-electron chi connectivity index (χ0n) is 9.67. The van der Waals surface area contributed by atoms with Crippen LogP contribution < -0.4 is 28.9 Å². The van der Waals surface area contributed by atoms with Crippen LogP contribution in [0.3, 0.4) is 0 Å². The average Bonchev–Trinajstić information content (AvgIpc) is 2.03. The number of rotatable bonds is 6. The van der Waals surface area contributed by atoms with Crippen molar-refractivity contribution in [1.29, 1.82) is 5.26 Å². The third-order valence-electron chi connectivity index (χ3n) is 1.66. The Morgan fingerprint density at radius 1 is 1.33 bits per heavy atom. The number of nitrogens with zero attached hydrogens (tertiary/aromatic N) is 2. The van der Waals surface area contributed by atoms with E-state index in [2.05, 4.69) is 0 Å². The monoisotopic (exact) mass is 346 g/mol. The van der Waals surface area contributed by atoms with Gasteiger partial charge in [0.2, 0.25) is 24.0 Å². The molecule has 0 aromatic heterocycles. The minimum absolute atomic E-state index is 0. The van der Waals surface area contributed by atoms with E-state index in [0.29, 0.717) is 0 Å². The fourth-order valence-electron chi connectivity index (χ4n) is 1.21. The molecule has 6 heteroatoms. The summed E-state index contributed by atoms with van der Waals surface area (Å²) in [7, 11) is -1.80. The Balaban J connectivity index is 0. The highest BCUT2D eigenvalue weighted by Gasteiger charge is 2.16. The molecule has 0 fully saturated rings. The molecule has 4 nitrogen and oxygen atoms in total. The molecule has 0 aliphatic carbocycles. The quantitative estimate of drug-likeness (QED) is 0.320. The minimum atomic E-state index is -1.80. The van der Waals surface area contributed by atoms with Crippen LogP contribution in [0.25, 0.3) is 0 Å². The predicted octanol–water partition coefficient (Wildman–Crippen LogP) is -1.91. The van der Waals surface area contributed by atoms with Crippen molar-refractivity contribution in [2.45, 2.75) is 46.2 Å². The van der Waals surface area contributed by atoms with E-state index in [-0.39, 0.29) is 49.1 Å². The molecule has 15 heavy (non-hydrogen) atoms. The van der Waals surface area contributed by atoms with Crippen LogP contribution in [0, 0.1) is 11.3 Å². The second-order valence-corrected chi connectivity index (χ2v) is 4.74. The normalized spacial score (nSPS) is 12.7. The molecule has 0 N–H and O–H groups in total. The van der Waals surface area contributed by atoms with Crippen LogP contribution in [0.5, 0.6) is 0 Å². The maximum atomic E-state index is 11.6. The Morgan fingerprint density at radius 3 is 2.13 bits per heavy atom. The zero-order chi connectivity index (χ0) is 11.1. The first-order valence-electron chi connectivity index (χ1n) is 4.76. The van der Waals surface area contributed by atoms with E-state index in [0.717, 1.165) is 0 Å². The first-order chi connectivity index (χ1) is 6.50. The summed E-state index contributed by atoms with van der Waals surface area (Å²) in [4.78, 5) is 11.6. The van der Waals surface area contributed by atoms with Crippen molar-refractivity contribution in [1.82, 2.24) is 4.67 Å². The Bertz CT molecular complexity index is 189. The van der Waals surface area contributed by atoms with E-state index >= 15 is 0 Å². The van der Waals surface area contributed by atoms with Gasteiger partial charge in [-0.1, -0.05) is 0 Å². The smallest absolute Gasteiger partial charge is 0.235 e. The van der Waals surface area contributed by atoms with Crippen molar-refractivity contribution >= 4 is 8.53 Å². The summed E-state index contributed by atoms with van der Waals surface area (Å²) < 4.78 is 6.88. The topological polar surface area (TPSA) is 59.3 Å². The largest absolute Gasteiger partial charge is 0.796 e. The van der Waals surface area contributed by atoms with Gasteiger partial charge in [-0.25, -0.2) is 0 Å². The first kappa shape index (κ1) is 17.9. The van der Waals surface area contributed by atoms with Crippen molar-refractivity contribution in [2.24, 2.45) is 0 Å². The molecule has 0 bridgehead atoms. The van der Waals surface area contributed by atoms with Crippen molar-refractivity contribution in [2.75, 3.05) is 6.61 Å². The van der Waals surface area contributed by atoms with Crippen LogP contribution in [-0.2, 0) is 4.52 Å². The molecule has 0 rings (SSSR count). The summed E-state index contributed by atoms with van der Waals surface area (Å²) in [6.45, 7) is 8.13. The van der Waals surface area contributed by atoms with Crippen molar-refractivity contribution < 1.29 is 33.4 Å². The number of hydrogen-bond donors (Lipinski definition) is 0. The predicted molar refractivity (Wildman–Crippen MR) is 58.0 cm³/mol. The van der Waals surface area contributed by atoms with E-state index in [1.165, 1.54) is 0 Å². The molecule has 0 aliphatic heterocycles. The molecule has 0 aromatic rings. The molecule has 0 radical (unpaired) electrons. The molecule has 1 unspecified atom stereocenters. The average molecular weight is 346 g/mol. The lowest BCUT2D eigenvalue weighted by Gasteiger charge is -2.41. The third-order valence-corrected chi connectivity index (χ3v) is 3.37. The van der Waals surface area contributed by atoms with Gasteiger partial charge in [0.1, 0.15) is 0 Å². The van der Waals surface area contributed by atoms with Gasteiger partial charge in [0.25, 0.3) is 0 Å². The Labute approximate surface area is 111 Å². The van der Waals surface area contributed by atoms with Gasteiger partial charge >= 0.3 is 0 Å². The summed E-state index contributed by atoms with van der Waals surface area (Å²) in [5, 5.41) is 8.30. The molecule has 90 valence electrons. The summed E-state index contributed by atoms with van der Waals surface area (Å²) >= 11 is 0. The maximum Gasteiger partial charge on any atom is 0.235 e. The van der Waals surface area contributed by atoms with E-state index in [1.807, 2.05) is 33.8 Å². The first-order valence-corrected chi connectivity index (χ1v) is 5.89. The lowest BCUT2D eigenvalue weighted by atomic mass is 10.3. The molecule has 0 heterocycles. The maximum absolute atomic E-state index is 11.6. The van der Waals surface area contributed by atoms with Gasteiger partial charge in [0, 0.05) is 20.6 Å². The van der Waals surface area contributed by atoms with Crippen LogP contribution in [0.1, 0.15) is 34.1 Å². The highest BCUT2D eigenvalue weighted by Crippen LogP contribution is 2.36. The fraction of sp³-hybridized carbons (Fsp3) is 0.889. The molecular formula is C9H20IN2O2P. The molecule has 0 aromatic carbocycles. The SMILES string of the molecule is CC(C)N(C(C)C)P([O-])OCCC#N.[IH2+]. The van der Waals surface area contributed by atoms with Crippen LogP contribution in [0.15, 0.2) is 0 Å². The number of hydrogen-bond acceptors (Lipinski definition) is 4. The summed E-state index contributed by atoms with van der Waals surface area (Å²) in [5.74, 6) is 0. The number of halogens is 1. The lowest BCUT2D eigenvalue weighted by molar-refractivity contribution is -0.196. The lowest BCUT2D eigenvalue weighted by Crippen LogP contribution is -3.00. The third kappa shape index (κ3) is 7.42. The minimum Gasteiger partial charge on any atom is -0.796 e. The molecule has 0 amide bonds. The molecule has 0 spiro atoms. The van der Waals surface area contributed by atoms with E-state index < -0.39 is 8.53 Å². The molecule has 1 atom stereocenters. The Kier molecular flexibility index (Phi) is 11.6. The van der Waals surface area contributed by atoms with Crippen LogP contribution in [0.2, 0.25) is 0 Å². The van der Waals surface area contributed by atoms with Gasteiger partial charge in [0.15, 0.2) is 0 Å². The summed E-state index contributed by atoms with van der Waals surface area (Å²) in [6.07, 6.45) is 0.283. The fourth-order valence-corrected chi connectivity index (χ4v) is 2.34. The van der Waals surface area contributed by atoms with Crippen LogP contribution >= 0.6 is 8.53 Å². The highest BCUT2D eigenvalue weighted by atomic mass is 127. The summed E-state index contributed by atoms with van der Waals surface area (Å²) in [6, 6.07) is 2.31. The zero-order valence-corrected chi connectivity index (χ0v) is 13.1. The van der Waals surface area contributed by atoms with Crippen molar-refractivity contribution in [3.05, 3.63) is 0 Å². The van der Waals surface area contributed by atoms with E-state index in [4.69, 9.17) is 9.79 Å². The number of nitriles is 1. The second kappa shape index (κ2) is 9.73. The molecular weight excluding hydrogens is 326 g/mol. The van der Waals surface area contributed by atoms with Crippen molar-refractivity contribution in [3.8, 4) is 6.07 Å². The molecule has 0 aliphatic rings. The van der Waals surface area contributed by atoms with Crippen molar-refractivity contribution in [3.63, 3.8) is 0 Å².